The van der Waals surface area contributed by atoms with Crippen LogP contribution in [0.3, 0.4) is 0 Å². The van der Waals surface area contributed by atoms with Crippen LogP contribution in [0.5, 0.6) is 0 Å². The monoisotopic (exact) mass is 254 g/mol. The van der Waals surface area contributed by atoms with Gasteiger partial charge in [-0.05, 0) is 37.3 Å². The number of rotatable bonds is 4. The number of benzene rings is 1. The van der Waals surface area contributed by atoms with Crippen molar-refractivity contribution in [3.05, 3.63) is 35.4 Å². The van der Waals surface area contributed by atoms with E-state index < -0.39 is 5.54 Å². The van der Waals surface area contributed by atoms with Gasteiger partial charge in [-0.1, -0.05) is 24.3 Å². The number of hydrogen-bond donors (Lipinski definition) is 2. The lowest BCUT2D eigenvalue weighted by Gasteiger charge is -2.10. The van der Waals surface area contributed by atoms with Crippen molar-refractivity contribution in [3.63, 3.8) is 0 Å². The van der Waals surface area contributed by atoms with E-state index in [1.54, 1.807) is 0 Å². The molecule has 4 heteroatoms. The van der Waals surface area contributed by atoms with E-state index >= 15 is 0 Å². The van der Waals surface area contributed by atoms with Crippen LogP contribution in [0.4, 0.5) is 0 Å². The second-order valence-corrected chi connectivity index (χ2v) is 4.59. The van der Waals surface area contributed by atoms with Gasteiger partial charge in [0, 0.05) is 6.54 Å². The molecule has 0 heterocycles. The highest BCUT2D eigenvalue weighted by Crippen LogP contribution is 2.31. The quantitative estimate of drug-likeness (QED) is 0.857. The smallest absolute Gasteiger partial charge is 0.240 e. The van der Waals surface area contributed by atoms with E-state index in [1.165, 1.54) is 11.1 Å². The van der Waals surface area contributed by atoms with E-state index in [9.17, 15) is 4.79 Å². The molecular formula is C13H19ClN2O. The summed E-state index contributed by atoms with van der Waals surface area (Å²) in [6.45, 7) is 2.76. The Kier molecular flexibility index (Phi) is 4.54. The molecule has 2 rings (SSSR count). The van der Waals surface area contributed by atoms with Crippen molar-refractivity contribution in [2.45, 2.75) is 31.7 Å². The van der Waals surface area contributed by atoms with Crippen LogP contribution in [-0.4, -0.2) is 18.0 Å². The number of carbonyl (C=O) groups excluding carboxylic acids is 1. The van der Waals surface area contributed by atoms with Crippen LogP contribution in [0.2, 0.25) is 0 Å². The van der Waals surface area contributed by atoms with Gasteiger partial charge in [-0.15, -0.1) is 12.4 Å². The first-order chi connectivity index (χ1) is 7.62. The number of nitrogens with two attached hydrogens (primary N) is 1. The van der Waals surface area contributed by atoms with Gasteiger partial charge in [0.1, 0.15) is 0 Å². The molecule has 0 spiro atoms. The van der Waals surface area contributed by atoms with Crippen LogP contribution in [0, 0.1) is 6.92 Å². The van der Waals surface area contributed by atoms with Gasteiger partial charge in [-0.25, -0.2) is 0 Å². The first-order valence-electron chi connectivity index (χ1n) is 5.73. The summed E-state index contributed by atoms with van der Waals surface area (Å²) in [6, 6.07) is 8.23. The Morgan fingerprint density at radius 2 is 2.06 bits per heavy atom. The molecule has 3 nitrogen and oxygen atoms in total. The summed E-state index contributed by atoms with van der Waals surface area (Å²) in [5.41, 5.74) is 7.79. The first kappa shape index (κ1) is 14.0. The molecule has 1 aliphatic carbocycles. The third kappa shape index (κ3) is 3.45. The fraction of sp³-hybridized carbons (Fsp3) is 0.462. The zero-order valence-electron chi connectivity index (χ0n) is 10.0. The third-order valence-electron chi connectivity index (χ3n) is 3.18. The van der Waals surface area contributed by atoms with Crippen molar-refractivity contribution in [3.8, 4) is 0 Å². The van der Waals surface area contributed by atoms with E-state index in [-0.39, 0.29) is 18.3 Å². The highest BCUT2D eigenvalue weighted by Gasteiger charge is 2.45. The van der Waals surface area contributed by atoms with Gasteiger partial charge in [-0.3, -0.25) is 4.79 Å². The van der Waals surface area contributed by atoms with E-state index in [0.29, 0.717) is 6.54 Å². The standard InChI is InChI=1S/C13H18N2O.ClH/c1-10-4-2-3-5-11(10)6-9-15-12(16)13(14)7-8-13;/h2-5H,6-9,14H2,1H3,(H,15,16);1H. The van der Waals surface area contributed by atoms with Gasteiger partial charge >= 0.3 is 0 Å². The van der Waals surface area contributed by atoms with Gasteiger partial charge in [0.15, 0.2) is 0 Å². The Balaban J connectivity index is 0.00000144. The SMILES string of the molecule is Cc1ccccc1CCNC(=O)C1(N)CC1.Cl. The Morgan fingerprint density at radius 1 is 1.41 bits per heavy atom. The fourth-order valence-corrected chi connectivity index (χ4v) is 1.74. The maximum absolute atomic E-state index is 11.6. The van der Waals surface area contributed by atoms with Gasteiger partial charge < -0.3 is 11.1 Å². The van der Waals surface area contributed by atoms with Gasteiger partial charge in [-0.2, -0.15) is 0 Å². The van der Waals surface area contributed by atoms with Crippen LogP contribution in [-0.2, 0) is 11.2 Å². The lowest BCUT2D eigenvalue weighted by atomic mass is 10.1. The molecule has 0 atom stereocenters. The molecule has 17 heavy (non-hydrogen) atoms. The summed E-state index contributed by atoms with van der Waals surface area (Å²) in [5.74, 6) is 0.00100. The molecule has 0 aromatic heterocycles. The normalized spacial score (nSPS) is 15.9. The Bertz CT molecular complexity index is 402. The molecule has 94 valence electrons. The lowest BCUT2D eigenvalue weighted by molar-refractivity contribution is -0.123. The van der Waals surface area contributed by atoms with E-state index in [0.717, 1.165) is 19.3 Å². The molecule has 0 unspecified atom stereocenters. The summed E-state index contributed by atoms with van der Waals surface area (Å²) in [5, 5.41) is 2.90. The maximum Gasteiger partial charge on any atom is 0.240 e. The van der Waals surface area contributed by atoms with Gasteiger partial charge in [0.25, 0.3) is 0 Å². The molecule has 3 N–H and O–H groups in total. The molecule has 0 bridgehead atoms. The van der Waals surface area contributed by atoms with Crippen molar-refractivity contribution in [1.82, 2.24) is 5.32 Å². The van der Waals surface area contributed by atoms with Crippen molar-refractivity contribution in [2.24, 2.45) is 5.73 Å². The molecule has 1 aromatic rings. The second kappa shape index (κ2) is 5.52. The maximum atomic E-state index is 11.6. The summed E-state index contributed by atoms with van der Waals surface area (Å²) in [4.78, 5) is 11.6. The number of nitrogens with one attached hydrogen (secondary N) is 1. The topological polar surface area (TPSA) is 55.1 Å². The highest BCUT2D eigenvalue weighted by molar-refractivity contribution is 5.88. The highest BCUT2D eigenvalue weighted by atomic mass is 35.5. The Hall–Kier alpha value is -1.06. The number of amides is 1. The zero-order chi connectivity index (χ0) is 11.6. The van der Waals surface area contributed by atoms with Crippen LogP contribution in [0.25, 0.3) is 0 Å². The third-order valence-corrected chi connectivity index (χ3v) is 3.18. The average molecular weight is 255 g/mol. The second-order valence-electron chi connectivity index (χ2n) is 4.59. The van der Waals surface area contributed by atoms with Gasteiger partial charge in [0.05, 0.1) is 5.54 Å². The number of hydrogen-bond acceptors (Lipinski definition) is 2. The molecule has 1 saturated carbocycles. The van der Waals surface area contributed by atoms with Crippen molar-refractivity contribution in [2.75, 3.05) is 6.54 Å². The summed E-state index contributed by atoms with van der Waals surface area (Å²) in [7, 11) is 0. The van der Waals surface area contributed by atoms with E-state index in [1.807, 2.05) is 12.1 Å². The fourth-order valence-electron chi connectivity index (χ4n) is 1.74. The van der Waals surface area contributed by atoms with E-state index in [2.05, 4.69) is 24.4 Å². The summed E-state index contributed by atoms with van der Waals surface area (Å²) >= 11 is 0. The summed E-state index contributed by atoms with van der Waals surface area (Å²) in [6.07, 6.45) is 2.51. The first-order valence-corrected chi connectivity index (χ1v) is 5.73. The summed E-state index contributed by atoms with van der Waals surface area (Å²) < 4.78 is 0. The predicted molar refractivity (Wildman–Crippen MR) is 71.3 cm³/mol. The number of carbonyl (C=O) groups is 1. The van der Waals surface area contributed by atoms with Gasteiger partial charge in [0.2, 0.25) is 5.91 Å². The van der Waals surface area contributed by atoms with Crippen LogP contribution in [0.15, 0.2) is 24.3 Å². The molecule has 0 saturated heterocycles. The number of halogens is 1. The molecular weight excluding hydrogens is 236 g/mol. The molecule has 1 aromatic carbocycles. The molecule has 0 aliphatic heterocycles. The minimum absolute atomic E-state index is 0. The molecule has 0 radical (unpaired) electrons. The Morgan fingerprint density at radius 3 is 2.65 bits per heavy atom. The van der Waals surface area contributed by atoms with Crippen LogP contribution >= 0.6 is 12.4 Å². The van der Waals surface area contributed by atoms with Crippen molar-refractivity contribution < 1.29 is 4.79 Å². The zero-order valence-corrected chi connectivity index (χ0v) is 10.8. The number of aryl methyl sites for hydroxylation is 1. The van der Waals surface area contributed by atoms with Crippen molar-refractivity contribution in [1.29, 1.82) is 0 Å². The molecule has 1 amide bonds. The minimum Gasteiger partial charge on any atom is -0.354 e. The van der Waals surface area contributed by atoms with Crippen molar-refractivity contribution >= 4 is 18.3 Å². The minimum atomic E-state index is -0.550. The van der Waals surface area contributed by atoms with E-state index in [4.69, 9.17) is 5.73 Å². The molecule has 1 aliphatic rings. The Labute approximate surface area is 108 Å². The van der Waals surface area contributed by atoms with Crippen LogP contribution in [0.1, 0.15) is 24.0 Å². The van der Waals surface area contributed by atoms with Crippen LogP contribution < -0.4 is 11.1 Å². The lowest BCUT2D eigenvalue weighted by Crippen LogP contribution is -2.43. The predicted octanol–water partition coefficient (Wildman–Crippen LogP) is 1.57. The molecule has 1 fully saturated rings. The average Bonchev–Trinajstić information content (AvgIpc) is 3.01. The largest absolute Gasteiger partial charge is 0.354 e.